The fourth-order valence-electron chi connectivity index (χ4n) is 3.46. The predicted octanol–water partition coefficient (Wildman–Crippen LogP) is 3.60. The largest absolute Gasteiger partial charge is 0.416 e. The van der Waals surface area contributed by atoms with Gasteiger partial charge in [-0.2, -0.15) is 13.2 Å². The monoisotopic (exact) mass is 284 g/mol. The van der Waals surface area contributed by atoms with Gasteiger partial charge in [-0.15, -0.1) is 0 Å². The topological polar surface area (TPSA) is 24.1 Å². The molecule has 1 aromatic carbocycles. The summed E-state index contributed by atoms with van der Waals surface area (Å²) < 4.78 is 38.3. The second kappa shape index (κ2) is 5.28. The maximum Gasteiger partial charge on any atom is 0.416 e. The molecule has 2 nitrogen and oxygen atoms in total. The highest BCUT2D eigenvalue weighted by Gasteiger charge is 2.34. The number of nitrogens with one attached hydrogen (secondary N) is 2. The summed E-state index contributed by atoms with van der Waals surface area (Å²) in [7, 11) is 0. The van der Waals surface area contributed by atoms with Gasteiger partial charge in [0, 0.05) is 12.2 Å². The summed E-state index contributed by atoms with van der Waals surface area (Å²) in [6, 6.07) is 4.17. The molecule has 2 heterocycles. The molecular formula is C15H19F3N2. The van der Waals surface area contributed by atoms with E-state index in [1.165, 1.54) is 12.1 Å². The van der Waals surface area contributed by atoms with Crippen LogP contribution in [0.15, 0.2) is 18.2 Å². The summed E-state index contributed by atoms with van der Waals surface area (Å²) in [5, 5.41) is 6.47. The summed E-state index contributed by atoms with van der Waals surface area (Å²) in [6.45, 7) is 2.80. The van der Waals surface area contributed by atoms with Gasteiger partial charge in [-0.3, -0.25) is 0 Å². The first-order valence-electron chi connectivity index (χ1n) is 7.21. The fraction of sp³-hybridized carbons (Fsp3) is 0.600. The van der Waals surface area contributed by atoms with E-state index in [1.54, 1.807) is 6.07 Å². The number of benzene rings is 1. The summed E-state index contributed by atoms with van der Waals surface area (Å²) in [5.74, 6) is 0.990. The van der Waals surface area contributed by atoms with E-state index >= 15 is 0 Å². The average Bonchev–Trinajstić information content (AvgIpc) is 2.46. The third-order valence-corrected chi connectivity index (χ3v) is 4.50. The Hall–Kier alpha value is -1.23. The predicted molar refractivity (Wildman–Crippen MR) is 72.9 cm³/mol. The smallest absolute Gasteiger partial charge is 0.385 e. The second-order valence-electron chi connectivity index (χ2n) is 5.71. The van der Waals surface area contributed by atoms with Gasteiger partial charge in [0.15, 0.2) is 0 Å². The van der Waals surface area contributed by atoms with Crippen molar-refractivity contribution in [1.29, 1.82) is 0 Å². The second-order valence-corrected chi connectivity index (χ2v) is 5.71. The van der Waals surface area contributed by atoms with Crippen molar-refractivity contribution in [2.45, 2.75) is 31.4 Å². The van der Waals surface area contributed by atoms with Crippen LogP contribution in [-0.2, 0) is 6.18 Å². The molecule has 20 heavy (non-hydrogen) atoms. The molecule has 1 fully saturated rings. The number of hydrogen-bond acceptors (Lipinski definition) is 2. The van der Waals surface area contributed by atoms with Crippen molar-refractivity contribution in [1.82, 2.24) is 5.32 Å². The van der Waals surface area contributed by atoms with Crippen LogP contribution in [0.2, 0.25) is 0 Å². The first-order chi connectivity index (χ1) is 9.55. The molecule has 3 rings (SSSR count). The van der Waals surface area contributed by atoms with Gasteiger partial charge in [0.25, 0.3) is 0 Å². The van der Waals surface area contributed by atoms with Crippen LogP contribution in [0.1, 0.15) is 36.3 Å². The highest BCUT2D eigenvalue weighted by atomic mass is 19.4. The van der Waals surface area contributed by atoms with Crippen molar-refractivity contribution in [3.8, 4) is 0 Å². The Kier molecular flexibility index (Phi) is 3.63. The summed E-state index contributed by atoms with van der Waals surface area (Å²) >= 11 is 0. The van der Waals surface area contributed by atoms with E-state index in [0.29, 0.717) is 17.5 Å². The average molecular weight is 284 g/mol. The van der Waals surface area contributed by atoms with Crippen LogP contribution in [0.5, 0.6) is 0 Å². The van der Waals surface area contributed by atoms with Crippen LogP contribution in [0.3, 0.4) is 0 Å². The lowest BCUT2D eigenvalue weighted by Gasteiger charge is -2.35. The molecule has 1 aromatic rings. The fourth-order valence-corrected chi connectivity index (χ4v) is 3.46. The van der Waals surface area contributed by atoms with Crippen LogP contribution in [0.4, 0.5) is 18.9 Å². The lowest BCUT2D eigenvalue weighted by Crippen LogP contribution is -2.33. The summed E-state index contributed by atoms with van der Waals surface area (Å²) in [5.41, 5.74) is 1.18. The van der Waals surface area contributed by atoms with Crippen molar-refractivity contribution >= 4 is 5.69 Å². The molecule has 0 aliphatic carbocycles. The van der Waals surface area contributed by atoms with Crippen LogP contribution in [0, 0.1) is 5.92 Å². The Morgan fingerprint density at radius 1 is 1.00 bits per heavy atom. The summed E-state index contributed by atoms with van der Waals surface area (Å²) in [6.07, 6.45) is -1.02. The molecule has 1 saturated heterocycles. The van der Waals surface area contributed by atoms with Crippen molar-refractivity contribution < 1.29 is 13.2 Å². The Labute approximate surface area is 116 Å². The maximum absolute atomic E-state index is 12.8. The van der Waals surface area contributed by atoms with E-state index in [0.717, 1.165) is 44.5 Å². The van der Waals surface area contributed by atoms with E-state index in [2.05, 4.69) is 10.6 Å². The number of anilines is 1. The highest BCUT2D eigenvalue weighted by Crippen LogP contribution is 2.42. The number of halogens is 3. The zero-order valence-electron chi connectivity index (χ0n) is 11.3. The van der Waals surface area contributed by atoms with Gasteiger partial charge >= 0.3 is 6.18 Å². The van der Waals surface area contributed by atoms with Crippen LogP contribution < -0.4 is 10.6 Å². The number of alkyl halides is 3. The molecule has 0 bridgehead atoms. The molecule has 1 unspecified atom stereocenters. The number of piperidine rings is 1. The highest BCUT2D eigenvalue weighted by molar-refractivity contribution is 5.57. The standard InChI is InChI=1S/C15H19F3N2/c16-15(17,18)11-1-2-13-12(5-8-20-14(13)9-11)10-3-6-19-7-4-10/h1-2,9-10,12,19-20H,3-8H2. The van der Waals surface area contributed by atoms with Crippen LogP contribution in [-0.4, -0.2) is 19.6 Å². The minimum absolute atomic E-state index is 0.399. The third kappa shape index (κ3) is 2.64. The lowest BCUT2D eigenvalue weighted by atomic mass is 9.76. The lowest BCUT2D eigenvalue weighted by molar-refractivity contribution is -0.137. The molecule has 110 valence electrons. The molecular weight excluding hydrogens is 265 g/mol. The third-order valence-electron chi connectivity index (χ3n) is 4.50. The first kappa shape index (κ1) is 13.7. The minimum atomic E-state index is -4.27. The van der Waals surface area contributed by atoms with Gasteiger partial charge in [0.2, 0.25) is 0 Å². The van der Waals surface area contributed by atoms with E-state index in [-0.39, 0.29) is 0 Å². The normalized spacial score (nSPS) is 24.1. The van der Waals surface area contributed by atoms with Crippen LogP contribution >= 0.6 is 0 Å². The Morgan fingerprint density at radius 2 is 1.75 bits per heavy atom. The van der Waals surface area contributed by atoms with E-state index in [4.69, 9.17) is 0 Å². The van der Waals surface area contributed by atoms with Gasteiger partial charge in [-0.25, -0.2) is 0 Å². The van der Waals surface area contributed by atoms with Crippen LogP contribution in [0.25, 0.3) is 0 Å². The minimum Gasteiger partial charge on any atom is -0.385 e. The Morgan fingerprint density at radius 3 is 2.45 bits per heavy atom. The molecule has 2 aliphatic rings. The summed E-state index contributed by atoms with van der Waals surface area (Å²) in [4.78, 5) is 0. The van der Waals surface area contributed by atoms with Gasteiger partial charge in [0.1, 0.15) is 0 Å². The molecule has 2 N–H and O–H groups in total. The van der Waals surface area contributed by atoms with Gasteiger partial charge in [0.05, 0.1) is 5.56 Å². The Balaban J connectivity index is 1.89. The molecule has 0 radical (unpaired) electrons. The van der Waals surface area contributed by atoms with E-state index in [1.807, 2.05) is 0 Å². The van der Waals surface area contributed by atoms with Gasteiger partial charge in [-0.1, -0.05) is 6.07 Å². The number of rotatable bonds is 1. The van der Waals surface area contributed by atoms with Crippen molar-refractivity contribution in [2.24, 2.45) is 5.92 Å². The van der Waals surface area contributed by atoms with Gasteiger partial charge < -0.3 is 10.6 Å². The molecule has 0 amide bonds. The van der Waals surface area contributed by atoms with Gasteiger partial charge in [-0.05, 0) is 61.9 Å². The Bertz CT molecular complexity index is 478. The first-order valence-corrected chi connectivity index (χ1v) is 7.21. The molecule has 0 saturated carbocycles. The van der Waals surface area contributed by atoms with Crippen molar-refractivity contribution in [2.75, 3.05) is 25.0 Å². The zero-order chi connectivity index (χ0) is 14.2. The zero-order valence-corrected chi connectivity index (χ0v) is 11.3. The van der Waals surface area contributed by atoms with E-state index < -0.39 is 11.7 Å². The SMILES string of the molecule is FC(F)(F)c1ccc2c(c1)NCCC2C1CCNCC1. The molecule has 5 heteroatoms. The van der Waals surface area contributed by atoms with Crippen molar-refractivity contribution in [3.05, 3.63) is 29.3 Å². The molecule has 0 spiro atoms. The quantitative estimate of drug-likeness (QED) is 0.823. The maximum atomic E-state index is 12.8. The number of hydrogen-bond donors (Lipinski definition) is 2. The molecule has 0 aromatic heterocycles. The van der Waals surface area contributed by atoms with E-state index in [9.17, 15) is 13.2 Å². The van der Waals surface area contributed by atoms with Crippen molar-refractivity contribution in [3.63, 3.8) is 0 Å². The molecule has 1 atom stereocenters. The number of fused-ring (bicyclic) bond motifs is 1. The molecule has 2 aliphatic heterocycles.